The van der Waals surface area contributed by atoms with Crippen molar-refractivity contribution in [2.24, 2.45) is 0 Å². The minimum atomic E-state index is -1.56. The van der Waals surface area contributed by atoms with E-state index in [4.69, 9.17) is 21.1 Å². The van der Waals surface area contributed by atoms with Gasteiger partial charge in [-0.3, -0.25) is 9.55 Å². The van der Waals surface area contributed by atoms with Crippen molar-refractivity contribution in [3.05, 3.63) is 41.2 Å². The topological polar surface area (TPSA) is 92.5 Å². The molecular formula is C16H16ClN3O4S. The van der Waals surface area contributed by atoms with Crippen molar-refractivity contribution < 1.29 is 19.1 Å². The van der Waals surface area contributed by atoms with E-state index in [0.29, 0.717) is 33.2 Å². The number of hydrogen-bond acceptors (Lipinski definition) is 6. The highest BCUT2D eigenvalue weighted by atomic mass is 35.5. The number of aliphatic hydroxyl groups excluding tert-OH is 1. The van der Waals surface area contributed by atoms with E-state index in [1.54, 1.807) is 30.5 Å². The third-order valence-corrected chi connectivity index (χ3v) is 5.14. The van der Waals surface area contributed by atoms with Crippen LogP contribution in [-0.4, -0.2) is 38.4 Å². The number of rotatable bonds is 6. The van der Waals surface area contributed by atoms with Crippen molar-refractivity contribution in [1.82, 2.24) is 14.5 Å². The predicted octanol–water partition coefficient (Wildman–Crippen LogP) is 2.36. The summed E-state index contributed by atoms with van der Waals surface area (Å²) in [5.41, 5.74) is 1.70. The molecule has 0 spiro atoms. The number of methoxy groups -OCH3 is 2. The van der Waals surface area contributed by atoms with Crippen LogP contribution in [0.4, 0.5) is 0 Å². The second-order valence-electron chi connectivity index (χ2n) is 5.08. The van der Waals surface area contributed by atoms with Crippen molar-refractivity contribution in [2.45, 2.75) is 17.6 Å². The van der Waals surface area contributed by atoms with E-state index >= 15 is 0 Å². The first-order valence-corrected chi connectivity index (χ1v) is 8.99. The van der Waals surface area contributed by atoms with Gasteiger partial charge in [-0.05, 0) is 18.2 Å². The molecule has 0 saturated carbocycles. The fourth-order valence-corrected chi connectivity index (χ4v) is 3.88. The Balaban J connectivity index is 1.99. The quantitative estimate of drug-likeness (QED) is 0.659. The molecule has 25 heavy (non-hydrogen) atoms. The zero-order chi connectivity index (χ0) is 18.0. The minimum absolute atomic E-state index is 0.0669. The third-order valence-electron chi connectivity index (χ3n) is 3.65. The summed E-state index contributed by atoms with van der Waals surface area (Å²) in [6, 6.07) is 6.74. The molecule has 0 saturated heterocycles. The van der Waals surface area contributed by atoms with Crippen LogP contribution in [0.3, 0.4) is 0 Å². The largest absolute Gasteiger partial charge is 0.609 e. The van der Waals surface area contributed by atoms with Crippen LogP contribution in [0.1, 0.15) is 5.69 Å². The highest BCUT2D eigenvalue weighted by molar-refractivity contribution is 7.90. The van der Waals surface area contributed by atoms with Crippen molar-refractivity contribution in [3.63, 3.8) is 0 Å². The van der Waals surface area contributed by atoms with E-state index in [2.05, 4.69) is 9.97 Å². The van der Waals surface area contributed by atoms with Gasteiger partial charge in [-0.2, -0.15) is 4.98 Å². The molecule has 132 valence electrons. The zero-order valence-electron chi connectivity index (χ0n) is 13.6. The number of fused-ring (bicyclic) bond motifs is 1. The van der Waals surface area contributed by atoms with Gasteiger partial charge < -0.3 is 19.1 Å². The molecule has 0 bridgehead atoms. The van der Waals surface area contributed by atoms with E-state index in [-0.39, 0.29) is 17.6 Å². The van der Waals surface area contributed by atoms with E-state index in [1.807, 2.05) is 0 Å². The number of aromatic nitrogens is 3. The Morgan fingerprint density at radius 1 is 1.28 bits per heavy atom. The molecule has 3 rings (SSSR count). The molecule has 1 N–H and O–H groups in total. The van der Waals surface area contributed by atoms with Crippen molar-refractivity contribution >= 4 is 33.8 Å². The van der Waals surface area contributed by atoms with Crippen LogP contribution in [0.15, 0.2) is 35.6 Å². The molecule has 0 fully saturated rings. The van der Waals surface area contributed by atoms with Crippen LogP contribution in [-0.2, 0) is 23.7 Å². The maximum absolute atomic E-state index is 12.9. The number of pyridine rings is 1. The van der Waals surface area contributed by atoms with Gasteiger partial charge in [0.1, 0.15) is 12.4 Å². The summed E-state index contributed by atoms with van der Waals surface area (Å²) < 4.78 is 24.9. The lowest BCUT2D eigenvalue weighted by molar-refractivity contribution is 0.203. The van der Waals surface area contributed by atoms with Crippen LogP contribution in [0.5, 0.6) is 11.5 Å². The zero-order valence-corrected chi connectivity index (χ0v) is 15.2. The number of nitrogens with zero attached hydrogens (tertiary/aromatic N) is 3. The Labute approximate surface area is 152 Å². The summed E-state index contributed by atoms with van der Waals surface area (Å²) in [5.74, 6) is 0.997. The molecule has 0 aliphatic carbocycles. The summed E-state index contributed by atoms with van der Waals surface area (Å²) in [6.45, 7) is -0.345. The molecule has 0 amide bonds. The first-order chi connectivity index (χ1) is 12.1. The molecule has 7 nitrogen and oxygen atoms in total. The molecule has 0 aliphatic heterocycles. The lowest BCUT2D eigenvalue weighted by Crippen LogP contribution is -2.14. The van der Waals surface area contributed by atoms with E-state index in [0.717, 1.165) is 0 Å². The van der Waals surface area contributed by atoms with Crippen LogP contribution >= 0.6 is 11.6 Å². The van der Waals surface area contributed by atoms with E-state index in [9.17, 15) is 9.66 Å². The van der Waals surface area contributed by atoms with Gasteiger partial charge in [-0.1, -0.05) is 11.6 Å². The first kappa shape index (κ1) is 17.8. The SMILES string of the molecule is COc1ccnc(C[S+]([O-])c2nc3cc(Cl)ccc3n2CO)c1OC. The lowest BCUT2D eigenvalue weighted by Gasteiger charge is -2.14. The Morgan fingerprint density at radius 2 is 2.08 bits per heavy atom. The lowest BCUT2D eigenvalue weighted by atomic mass is 10.3. The van der Waals surface area contributed by atoms with Gasteiger partial charge in [0.2, 0.25) is 0 Å². The fraction of sp³-hybridized carbons (Fsp3) is 0.250. The number of ether oxygens (including phenoxy) is 2. The van der Waals surface area contributed by atoms with Crippen molar-refractivity contribution in [3.8, 4) is 11.5 Å². The maximum atomic E-state index is 12.9. The Morgan fingerprint density at radius 3 is 2.76 bits per heavy atom. The molecule has 2 aromatic heterocycles. The molecule has 3 aromatic rings. The van der Waals surface area contributed by atoms with Gasteiger partial charge in [0.15, 0.2) is 17.3 Å². The first-order valence-electron chi connectivity index (χ1n) is 7.30. The van der Waals surface area contributed by atoms with Gasteiger partial charge in [0.25, 0.3) is 0 Å². The van der Waals surface area contributed by atoms with E-state index in [1.165, 1.54) is 18.8 Å². The summed E-state index contributed by atoms with van der Waals surface area (Å²) in [4.78, 5) is 8.59. The normalized spacial score (nSPS) is 12.4. The monoisotopic (exact) mass is 381 g/mol. The number of aliphatic hydroxyl groups is 1. The third kappa shape index (κ3) is 3.38. The molecule has 1 atom stereocenters. The Bertz CT molecular complexity index is 902. The number of hydrogen-bond donors (Lipinski definition) is 1. The molecular weight excluding hydrogens is 366 g/mol. The minimum Gasteiger partial charge on any atom is -0.609 e. The van der Waals surface area contributed by atoms with Crippen LogP contribution in [0.25, 0.3) is 11.0 Å². The van der Waals surface area contributed by atoms with Gasteiger partial charge in [0.05, 0.1) is 25.3 Å². The van der Waals surface area contributed by atoms with Crippen molar-refractivity contribution in [2.75, 3.05) is 14.2 Å². The highest BCUT2D eigenvalue weighted by Gasteiger charge is 2.25. The van der Waals surface area contributed by atoms with Gasteiger partial charge in [-0.15, -0.1) is 0 Å². The number of halogens is 1. The number of imidazole rings is 1. The van der Waals surface area contributed by atoms with E-state index < -0.39 is 11.2 Å². The van der Waals surface area contributed by atoms with Crippen LogP contribution in [0, 0.1) is 0 Å². The smallest absolute Gasteiger partial charge is 0.326 e. The van der Waals surface area contributed by atoms with Gasteiger partial charge >= 0.3 is 5.16 Å². The second-order valence-corrected chi connectivity index (χ2v) is 6.86. The van der Waals surface area contributed by atoms with Crippen molar-refractivity contribution in [1.29, 1.82) is 0 Å². The average molecular weight is 382 g/mol. The summed E-state index contributed by atoms with van der Waals surface area (Å²) in [5, 5.41) is 10.4. The molecule has 1 unspecified atom stereocenters. The molecule has 2 heterocycles. The van der Waals surface area contributed by atoms with Crippen LogP contribution < -0.4 is 9.47 Å². The summed E-state index contributed by atoms with van der Waals surface area (Å²) in [6.07, 6.45) is 1.56. The van der Waals surface area contributed by atoms with Gasteiger partial charge in [-0.25, -0.2) is 0 Å². The Hall–Kier alpha value is -2.00. The maximum Gasteiger partial charge on any atom is 0.326 e. The summed E-state index contributed by atoms with van der Waals surface area (Å²) >= 11 is 4.42. The molecule has 1 aromatic carbocycles. The van der Waals surface area contributed by atoms with Crippen LogP contribution in [0.2, 0.25) is 5.02 Å². The molecule has 0 aliphatic rings. The standard InChI is InChI=1S/C16H16ClN3O4S/c1-23-14-5-6-18-12(15(14)24-2)8-25(22)16-19-11-7-10(17)3-4-13(11)20(16)9-21/h3-7,21H,8-9H2,1-2H3. The predicted molar refractivity (Wildman–Crippen MR) is 94.4 cm³/mol. The number of benzene rings is 1. The summed E-state index contributed by atoms with van der Waals surface area (Å²) in [7, 11) is 3.02. The molecule has 9 heteroatoms. The molecule has 0 radical (unpaired) electrons. The van der Waals surface area contributed by atoms with Gasteiger partial charge in [0, 0.05) is 28.5 Å². The fourth-order valence-electron chi connectivity index (χ4n) is 2.53. The highest BCUT2D eigenvalue weighted by Crippen LogP contribution is 2.32. The Kier molecular flexibility index (Phi) is 5.33. The second kappa shape index (κ2) is 7.49. The average Bonchev–Trinajstić information content (AvgIpc) is 2.98.